The van der Waals surface area contributed by atoms with E-state index >= 15 is 0 Å². The highest BCUT2D eigenvalue weighted by molar-refractivity contribution is 5.70. The van der Waals surface area contributed by atoms with Crippen molar-refractivity contribution in [3.63, 3.8) is 0 Å². The molecule has 0 amide bonds. The monoisotopic (exact) mass is 367 g/mol. The van der Waals surface area contributed by atoms with Crippen molar-refractivity contribution in [3.8, 4) is 11.8 Å². The fourth-order valence-corrected chi connectivity index (χ4v) is 3.00. The normalized spacial score (nSPS) is 10.9. The molecule has 0 aliphatic heterocycles. The first-order chi connectivity index (χ1) is 13.1. The number of nitriles is 1. The molecule has 0 bridgehead atoms. The van der Waals surface area contributed by atoms with Gasteiger partial charge in [0.15, 0.2) is 11.2 Å². The average Bonchev–Trinajstić information content (AvgIpc) is 3.05. The van der Waals surface area contributed by atoms with Crippen LogP contribution in [0, 0.1) is 11.3 Å². The number of benzene rings is 1. The number of aromatic nitrogens is 4. The summed E-state index contributed by atoms with van der Waals surface area (Å²) in [6.45, 7) is 5.07. The van der Waals surface area contributed by atoms with E-state index in [2.05, 4.69) is 16.0 Å². The van der Waals surface area contributed by atoms with E-state index in [9.17, 15) is 9.59 Å². The van der Waals surface area contributed by atoms with Gasteiger partial charge in [-0.15, -0.1) is 0 Å². The lowest BCUT2D eigenvalue weighted by atomic mass is 10.2. The SMILES string of the molecule is CCCCn1c(=O)[nH]c(=O)c2c1nc(COc1cccc(C#N)c1)n2CC. The fourth-order valence-electron chi connectivity index (χ4n) is 3.00. The zero-order valence-corrected chi connectivity index (χ0v) is 15.4. The number of aromatic amines is 1. The molecular formula is C19H21N5O3. The van der Waals surface area contributed by atoms with E-state index in [1.54, 1.807) is 28.8 Å². The molecule has 3 rings (SSSR count). The third kappa shape index (κ3) is 3.62. The Morgan fingerprint density at radius 1 is 1.26 bits per heavy atom. The Balaban J connectivity index is 2.02. The Kier molecular flexibility index (Phi) is 5.41. The molecule has 0 radical (unpaired) electrons. The predicted octanol–water partition coefficient (Wildman–Crippen LogP) is 2.16. The molecule has 0 fully saturated rings. The molecule has 3 aromatic rings. The van der Waals surface area contributed by atoms with Gasteiger partial charge in [0.05, 0.1) is 11.6 Å². The third-order valence-electron chi connectivity index (χ3n) is 4.35. The summed E-state index contributed by atoms with van der Waals surface area (Å²) >= 11 is 0. The van der Waals surface area contributed by atoms with Gasteiger partial charge in [-0.2, -0.15) is 5.26 Å². The number of aryl methyl sites for hydroxylation is 2. The molecule has 0 unspecified atom stereocenters. The summed E-state index contributed by atoms with van der Waals surface area (Å²) in [5.41, 5.74) is 0.355. The van der Waals surface area contributed by atoms with Crippen LogP contribution in [0.2, 0.25) is 0 Å². The number of imidazole rings is 1. The van der Waals surface area contributed by atoms with Crippen LogP contribution in [0.1, 0.15) is 38.1 Å². The number of unbranched alkanes of at least 4 members (excludes halogenated alkanes) is 1. The zero-order chi connectivity index (χ0) is 19.4. The molecule has 0 atom stereocenters. The van der Waals surface area contributed by atoms with E-state index < -0.39 is 11.2 Å². The first-order valence-electron chi connectivity index (χ1n) is 8.94. The molecule has 0 spiro atoms. The molecule has 27 heavy (non-hydrogen) atoms. The Morgan fingerprint density at radius 3 is 2.78 bits per heavy atom. The first-order valence-corrected chi connectivity index (χ1v) is 8.94. The fraction of sp³-hybridized carbons (Fsp3) is 0.368. The lowest BCUT2D eigenvalue weighted by molar-refractivity contribution is 0.290. The number of hydrogen-bond acceptors (Lipinski definition) is 5. The van der Waals surface area contributed by atoms with Gasteiger partial charge in [0, 0.05) is 13.1 Å². The molecule has 1 N–H and O–H groups in total. The molecule has 8 nitrogen and oxygen atoms in total. The van der Waals surface area contributed by atoms with Crippen LogP contribution in [-0.2, 0) is 19.7 Å². The topological polar surface area (TPSA) is 106 Å². The molecule has 0 saturated carbocycles. The van der Waals surface area contributed by atoms with Gasteiger partial charge in [0.2, 0.25) is 0 Å². The molecular weight excluding hydrogens is 346 g/mol. The Labute approximate surface area is 155 Å². The quantitative estimate of drug-likeness (QED) is 0.689. The lowest BCUT2D eigenvalue weighted by Gasteiger charge is -2.08. The van der Waals surface area contributed by atoms with Gasteiger partial charge >= 0.3 is 5.69 Å². The number of rotatable bonds is 7. The highest BCUT2D eigenvalue weighted by atomic mass is 16.5. The summed E-state index contributed by atoms with van der Waals surface area (Å²) in [4.78, 5) is 31.5. The smallest absolute Gasteiger partial charge is 0.330 e. The van der Waals surface area contributed by atoms with Crippen molar-refractivity contribution >= 4 is 11.2 Å². The highest BCUT2D eigenvalue weighted by Gasteiger charge is 2.18. The standard InChI is InChI=1S/C19H21N5O3/c1-3-5-9-24-17-16(18(25)22-19(24)26)23(4-2)15(21-17)12-27-14-8-6-7-13(10-14)11-20/h6-8,10H,3-5,9,12H2,1-2H3,(H,22,25,26). The number of H-pyrrole nitrogens is 1. The number of hydrogen-bond donors (Lipinski definition) is 1. The summed E-state index contributed by atoms with van der Waals surface area (Å²) in [6, 6.07) is 8.90. The molecule has 0 saturated heterocycles. The van der Waals surface area contributed by atoms with Gasteiger partial charge in [-0.3, -0.25) is 14.3 Å². The minimum atomic E-state index is -0.449. The zero-order valence-electron chi connectivity index (χ0n) is 15.4. The second-order valence-electron chi connectivity index (χ2n) is 6.14. The van der Waals surface area contributed by atoms with E-state index in [1.165, 1.54) is 4.57 Å². The Hall–Kier alpha value is -3.34. The first kappa shape index (κ1) is 18.5. The summed E-state index contributed by atoms with van der Waals surface area (Å²) < 4.78 is 9.02. The van der Waals surface area contributed by atoms with Crippen molar-refractivity contribution in [1.82, 2.24) is 19.1 Å². The van der Waals surface area contributed by atoms with E-state index in [0.717, 1.165) is 12.8 Å². The maximum Gasteiger partial charge on any atom is 0.330 e. The Bertz CT molecular complexity index is 1120. The maximum atomic E-state index is 12.4. The van der Waals surface area contributed by atoms with E-state index in [0.29, 0.717) is 41.4 Å². The van der Waals surface area contributed by atoms with Crippen LogP contribution in [0.5, 0.6) is 5.75 Å². The van der Waals surface area contributed by atoms with Crippen LogP contribution in [0.4, 0.5) is 0 Å². The summed E-state index contributed by atoms with van der Waals surface area (Å²) in [6.07, 6.45) is 1.74. The van der Waals surface area contributed by atoms with Crippen molar-refractivity contribution in [2.24, 2.45) is 0 Å². The molecule has 2 aromatic heterocycles. The average molecular weight is 367 g/mol. The predicted molar refractivity (Wildman–Crippen MR) is 101 cm³/mol. The van der Waals surface area contributed by atoms with Crippen molar-refractivity contribution in [3.05, 3.63) is 56.5 Å². The van der Waals surface area contributed by atoms with Crippen LogP contribution >= 0.6 is 0 Å². The van der Waals surface area contributed by atoms with Crippen molar-refractivity contribution in [1.29, 1.82) is 5.26 Å². The second kappa shape index (κ2) is 7.91. The van der Waals surface area contributed by atoms with Gasteiger partial charge in [0.1, 0.15) is 18.2 Å². The van der Waals surface area contributed by atoms with Gasteiger partial charge in [-0.25, -0.2) is 9.78 Å². The van der Waals surface area contributed by atoms with Gasteiger partial charge < -0.3 is 9.30 Å². The van der Waals surface area contributed by atoms with Crippen molar-refractivity contribution < 1.29 is 4.74 Å². The molecule has 2 heterocycles. The van der Waals surface area contributed by atoms with Crippen LogP contribution in [0.25, 0.3) is 11.2 Å². The van der Waals surface area contributed by atoms with Crippen molar-refractivity contribution in [2.75, 3.05) is 0 Å². The molecule has 0 aliphatic carbocycles. The van der Waals surface area contributed by atoms with Crippen LogP contribution < -0.4 is 16.0 Å². The minimum Gasteiger partial charge on any atom is -0.486 e. The molecule has 0 aliphatic rings. The number of fused-ring (bicyclic) bond motifs is 1. The van der Waals surface area contributed by atoms with Crippen molar-refractivity contribution in [2.45, 2.75) is 46.4 Å². The van der Waals surface area contributed by atoms with E-state index in [1.807, 2.05) is 13.8 Å². The summed E-state index contributed by atoms with van der Waals surface area (Å²) in [5, 5.41) is 8.99. The van der Waals surface area contributed by atoms with Gasteiger partial charge in [-0.05, 0) is 31.5 Å². The lowest BCUT2D eigenvalue weighted by Crippen LogP contribution is -2.31. The molecule has 140 valence electrons. The van der Waals surface area contributed by atoms with Crippen LogP contribution in [0.3, 0.4) is 0 Å². The maximum absolute atomic E-state index is 12.4. The Morgan fingerprint density at radius 2 is 2.07 bits per heavy atom. The molecule has 1 aromatic carbocycles. The van der Waals surface area contributed by atoms with Crippen LogP contribution in [-0.4, -0.2) is 19.1 Å². The van der Waals surface area contributed by atoms with Gasteiger partial charge in [-0.1, -0.05) is 19.4 Å². The highest BCUT2D eigenvalue weighted by Crippen LogP contribution is 2.17. The summed E-state index contributed by atoms with van der Waals surface area (Å²) in [5.74, 6) is 1.09. The third-order valence-corrected chi connectivity index (χ3v) is 4.35. The summed E-state index contributed by atoms with van der Waals surface area (Å²) in [7, 11) is 0. The number of nitrogens with one attached hydrogen (secondary N) is 1. The van der Waals surface area contributed by atoms with E-state index in [4.69, 9.17) is 10.00 Å². The number of ether oxygens (including phenoxy) is 1. The molecule has 8 heteroatoms. The largest absolute Gasteiger partial charge is 0.486 e. The number of nitrogens with zero attached hydrogens (tertiary/aromatic N) is 4. The van der Waals surface area contributed by atoms with Crippen LogP contribution in [0.15, 0.2) is 33.9 Å². The second-order valence-corrected chi connectivity index (χ2v) is 6.14. The minimum absolute atomic E-state index is 0.124. The van der Waals surface area contributed by atoms with E-state index in [-0.39, 0.29) is 6.61 Å². The van der Waals surface area contributed by atoms with Gasteiger partial charge in [0.25, 0.3) is 5.56 Å².